The van der Waals surface area contributed by atoms with E-state index in [2.05, 4.69) is 13.8 Å². The van der Waals surface area contributed by atoms with Gasteiger partial charge in [-0.2, -0.15) is 0 Å². The Morgan fingerprint density at radius 3 is 1.92 bits per heavy atom. The maximum absolute atomic E-state index is 9.57. The molecular weight excluding hydrogens is 164 g/mol. The van der Waals surface area contributed by atoms with Crippen LogP contribution in [0.4, 0.5) is 0 Å². The second-order valence-electron chi connectivity index (χ2n) is 4.79. The van der Waals surface area contributed by atoms with Crippen molar-refractivity contribution in [2.45, 2.75) is 59.7 Å². The molecule has 0 spiro atoms. The van der Waals surface area contributed by atoms with Gasteiger partial charge in [0, 0.05) is 5.41 Å². The van der Waals surface area contributed by atoms with E-state index in [4.69, 9.17) is 0 Å². The van der Waals surface area contributed by atoms with E-state index < -0.39 is 11.2 Å². The summed E-state index contributed by atoms with van der Waals surface area (Å²) in [7, 11) is 0. The molecule has 0 aliphatic carbocycles. The van der Waals surface area contributed by atoms with Crippen LogP contribution in [0.25, 0.3) is 0 Å². The summed E-state index contributed by atoms with van der Waals surface area (Å²) in [5.41, 5.74) is -0.442. The SMILES string of the molecule is CCCCC(C)C(C)(C)C(C)(O)O. The fraction of sp³-hybridized carbons (Fsp3) is 1.00. The molecule has 2 nitrogen and oxygen atoms in total. The molecule has 0 aliphatic rings. The molecule has 13 heavy (non-hydrogen) atoms. The van der Waals surface area contributed by atoms with Crippen LogP contribution in [0.1, 0.15) is 53.9 Å². The molecule has 0 radical (unpaired) electrons. The summed E-state index contributed by atoms with van der Waals surface area (Å²) in [6.07, 6.45) is 3.37. The zero-order valence-corrected chi connectivity index (χ0v) is 9.59. The van der Waals surface area contributed by atoms with E-state index in [9.17, 15) is 10.2 Å². The average Bonchev–Trinajstić information content (AvgIpc) is 1.97. The quantitative estimate of drug-likeness (QED) is 0.651. The van der Waals surface area contributed by atoms with Crippen molar-refractivity contribution in [3.8, 4) is 0 Å². The predicted molar refractivity (Wildman–Crippen MR) is 55.3 cm³/mol. The van der Waals surface area contributed by atoms with Gasteiger partial charge in [0.05, 0.1) is 0 Å². The monoisotopic (exact) mass is 188 g/mol. The van der Waals surface area contributed by atoms with Gasteiger partial charge in [-0.25, -0.2) is 0 Å². The fourth-order valence-electron chi connectivity index (χ4n) is 1.34. The van der Waals surface area contributed by atoms with E-state index in [1.54, 1.807) is 0 Å². The first-order valence-electron chi connectivity index (χ1n) is 5.18. The minimum absolute atomic E-state index is 0.326. The summed E-state index contributed by atoms with van der Waals surface area (Å²) in [6, 6.07) is 0. The molecule has 0 amide bonds. The van der Waals surface area contributed by atoms with Gasteiger partial charge in [-0.05, 0) is 12.8 Å². The Bertz CT molecular complexity index is 145. The molecule has 1 atom stereocenters. The van der Waals surface area contributed by atoms with Crippen molar-refractivity contribution in [2.24, 2.45) is 11.3 Å². The van der Waals surface area contributed by atoms with Gasteiger partial charge in [0.2, 0.25) is 0 Å². The summed E-state index contributed by atoms with van der Waals surface area (Å²) in [4.78, 5) is 0. The maximum Gasteiger partial charge on any atom is 0.165 e. The van der Waals surface area contributed by atoms with Crippen LogP contribution in [-0.4, -0.2) is 16.0 Å². The van der Waals surface area contributed by atoms with Crippen molar-refractivity contribution in [2.75, 3.05) is 0 Å². The van der Waals surface area contributed by atoms with Gasteiger partial charge in [-0.3, -0.25) is 0 Å². The lowest BCUT2D eigenvalue weighted by atomic mass is 9.72. The minimum Gasteiger partial charge on any atom is -0.365 e. The highest BCUT2D eigenvalue weighted by Crippen LogP contribution is 2.38. The van der Waals surface area contributed by atoms with Gasteiger partial charge in [0.25, 0.3) is 0 Å². The van der Waals surface area contributed by atoms with Crippen molar-refractivity contribution >= 4 is 0 Å². The number of rotatable bonds is 5. The number of aliphatic hydroxyl groups is 2. The van der Waals surface area contributed by atoms with Crippen molar-refractivity contribution < 1.29 is 10.2 Å². The first-order chi connectivity index (χ1) is 5.73. The molecule has 2 heteroatoms. The standard InChI is InChI=1S/C11H24O2/c1-6-7-8-9(2)10(3,4)11(5,12)13/h9,12-13H,6-8H2,1-5H3. The Hall–Kier alpha value is -0.0800. The normalized spacial score (nSPS) is 15.9. The Balaban J connectivity index is 4.27. The highest BCUT2D eigenvalue weighted by Gasteiger charge is 2.41. The van der Waals surface area contributed by atoms with E-state index >= 15 is 0 Å². The molecule has 1 unspecified atom stereocenters. The summed E-state index contributed by atoms with van der Waals surface area (Å²) >= 11 is 0. The largest absolute Gasteiger partial charge is 0.365 e. The van der Waals surface area contributed by atoms with Crippen molar-refractivity contribution in [3.05, 3.63) is 0 Å². The van der Waals surface area contributed by atoms with Gasteiger partial charge in [0.1, 0.15) is 0 Å². The van der Waals surface area contributed by atoms with Crippen molar-refractivity contribution in [1.29, 1.82) is 0 Å². The van der Waals surface area contributed by atoms with Gasteiger partial charge in [-0.1, -0.05) is 47.0 Å². The molecule has 0 aliphatic heterocycles. The van der Waals surface area contributed by atoms with Crippen LogP contribution in [0.15, 0.2) is 0 Å². The van der Waals surface area contributed by atoms with Crippen LogP contribution in [0, 0.1) is 11.3 Å². The first kappa shape index (κ1) is 12.9. The zero-order valence-electron chi connectivity index (χ0n) is 9.59. The highest BCUT2D eigenvalue weighted by atomic mass is 16.5. The second-order valence-corrected chi connectivity index (χ2v) is 4.79. The lowest BCUT2D eigenvalue weighted by molar-refractivity contribution is -0.234. The van der Waals surface area contributed by atoms with Gasteiger partial charge >= 0.3 is 0 Å². The van der Waals surface area contributed by atoms with Crippen molar-refractivity contribution in [1.82, 2.24) is 0 Å². The highest BCUT2D eigenvalue weighted by molar-refractivity contribution is 4.85. The smallest absolute Gasteiger partial charge is 0.165 e. The third-order valence-corrected chi connectivity index (χ3v) is 3.44. The van der Waals surface area contributed by atoms with Crippen molar-refractivity contribution in [3.63, 3.8) is 0 Å². The summed E-state index contributed by atoms with van der Waals surface area (Å²) in [5.74, 6) is -1.26. The predicted octanol–water partition coefficient (Wildman–Crippen LogP) is 2.54. The molecule has 0 heterocycles. The van der Waals surface area contributed by atoms with Gasteiger partial charge in [0.15, 0.2) is 5.79 Å². The summed E-state index contributed by atoms with van der Waals surface area (Å²) in [6.45, 7) is 9.52. The minimum atomic E-state index is -1.58. The molecular formula is C11H24O2. The third-order valence-electron chi connectivity index (χ3n) is 3.44. The molecule has 0 saturated carbocycles. The van der Waals surface area contributed by atoms with E-state index in [0.717, 1.165) is 19.3 Å². The Labute approximate surface area is 82.0 Å². The van der Waals surface area contributed by atoms with Crippen LogP contribution in [-0.2, 0) is 0 Å². The van der Waals surface area contributed by atoms with Gasteiger partial charge < -0.3 is 10.2 Å². The lowest BCUT2D eigenvalue weighted by Gasteiger charge is -2.40. The molecule has 0 bridgehead atoms. The summed E-state index contributed by atoms with van der Waals surface area (Å²) in [5, 5.41) is 19.1. The van der Waals surface area contributed by atoms with Crippen LogP contribution >= 0.6 is 0 Å². The second kappa shape index (κ2) is 4.43. The van der Waals surface area contributed by atoms with E-state index in [1.165, 1.54) is 6.92 Å². The molecule has 2 N–H and O–H groups in total. The van der Waals surface area contributed by atoms with Crippen LogP contribution < -0.4 is 0 Å². The van der Waals surface area contributed by atoms with E-state index in [1.807, 2.05) is 13.8 Å². The Morgan fingerprint density at radius 2 is 1.62 bits per heavy atom. The maximum atomic E-state index is 9.57. The third kappa shape index (κ3) is 3.28. The average molecular weight is 188 g/mol. The molecule has 0 rings (SSSR count). The number of hydrogen-bond acceptors (Lipinski definition) is 2. The van der Waals surface area contributed by atoms with E-state index in [0.29, 0.717) is 5.92 Å². The molecule has 0 aromatic rings. The first-order valence-corrected chi connectivity index (χ1v) is 5.18. The fourth-order valence-corrected chi connectivity index (χ4v) is 1.34. The Kier molecular flexibility index (Phi) is 4.40. The molecule has 0 aromatic heterocycles. The van der Waals surface area contributed by atoms with E-state index in [-0.39, 0.29) is 0 Å². The topological polar surface area (TPSA) is 40.5 Å². The number of hydrogen-bond donors (Lipinski definition) is 2. The van der Waals surface area contributed by atoms with Gasteiger partial charge in [-0.15, -0.1) is 0 Å². The number of unbranched alkanes of at least 4 members (excludes halogenated alkanes) is 1. The zero-order chi connectivity index (χ0) is 10.7. The Morgan fingerprint density at radius 1 is 1.15 bits per heavy atom. The van der Waals surface area contributed by atoms with Crippen LogP contribution in [0.2, 0.25) is 0 Å². The van der Waals surface area contributed by atoms with Crippen LogP contribution in [0.3, 0.4) is 0 Å². The molecule has 80 valence electrons. The molecule has 0 saturated heterocycles. The summed E-state index contributed by atoms with van der Waals surface area (Å²) < 4.78 is 0. The lowest BCUT2D eigenvalue weighted by Crippen LogP contribution is -2.45. The molecule has 0 aromatic carbocycles. The molecule has 0 fully saturated rings. The van der Waals surface area contributed by atoms with Crippen LogP contribution in [0.5, 0.6) is 0 Å².